The van der Waals surface area contributed by atoms with Gasteiger partial charge in [0.2, 0.25) is 5.95 Å². The molecule has 7 heteroatoms. The van der Waals surface area contributed by atoms with E-state index in [-0.39, 0.29) is 11.8 Å². The average molecular weight is 324 g/mol. The van der Waals surface area contributed by atoms with E-state index in [4.69, 9.17) is 0 Å². The van der Waals surface area contributed by atoms with E-state index >= 15 is 0 Å². The van der Waals surface area contributed by atoms with Crippen LogP contribution in [0, 0.1) is 0 Å². The Labute approximate surface area is 132 Å². The van der Waals surface area contributed by atoms with Crippen LogP contribution in [0.5, 0.6) is 0 Å². The predicted molar refractivity (Wildman–Crippen MR) is 86.6 cm³/mol. The zero-order chi connectivity index (χ0) is 15.6. The van der Waals surface area contributed by atoms with Crippen LogP contribution in [0.15, 0.2) is 12.4 Å². The largest absolute Gasteiger partial charge is 0.341 e. The summed E-state index contributed by atoms with van der Waals surface area (Å²) in [6, 6.07) is 0.117. The lowest BCUT2D eigenvalue weighted by Crippen LogP contribution is -2.32. The molecule has 122 valence electrons. The van der Waals surface area contributed by atoms with Crippen LogP contribution in [-0.4, -0.2) is 61.0 Å². The predicted octanol–water partition coefficient (Wildman–Crippen LogP) is 1.09. The topological polar surface area (TPSA) is 66.4 Å². The fourth-order valence-electron chi connectivity index (χ4n) is 3.23. The molecule has 0 bridgehead atoms. The van der Waals surface area contributed by atoms with Crippen molar-refractivity contribution in [3.8, 4) is 0 Å². The van der Waals surface area contributed by atoms with Crippen LogP contribution < -0.4 is 4.90 Å². The number of hydrogen-bond acceptors (Lipinski definition) is 6. The van der Waals surface area contributed by atoms with E-state index in [9.17, 15) is 8.42 Å². The van der Waals surface area contributed by atoms with Gasteiger partial charge in [0.1, 0.15) is 0 Å². The maximum absolute atomic E-state index is 11.6. The number of nitrogens with zero attached hydrogens (tertiary/aromatic N) is 4. The number of hydrogen-bond donors (Lipinski definition) is 0. The monoisotopic (exact) mass is 324 g/mol. The number of piperidine rings is 1. The van der Waals surface area contributed by atoms with Crippen molar-refractivity contribution in [1.29, 1.82) is 0 Å². The second-order valence-corrected chi connectivity index (χ2v) is 8.64. The molecule has 1 atom stereocenters. The summed E-state index contributed by atoms with van der Waals surface area (Å²) in [5, 5.41) is 0. The Morgan fingerprint density at radius 3 is 2.50 bits per heavy atom. The van der Waals surface area contributed by atoms with E-state index in [1.54, 1.807) is 0 Å². The van der Waals surface area contributed by atoms with E-state index in [1.165, 1.54) is 19.3 Å². The highest BCUT2D eigenvalue weighted by molar-refractivity contribution is 7.91. The molecule has 0 spiro atoms. The van der Waals surface area contributed by atoms with Gasteiger partial charge in [-0.15, -0.1) is 0 Å². The third-order valence-electron chi connectivity index (χ3n) is 4.59. The Hall–Kier alpha value is -1.21. The smallest absolute Gasteiger partial charge is 0.225 e. The summed E-state index contributed by atoms with van der Waals surface area (Å²) in [6.45, 7) is 2.78. The lowest BCUT2D eigenvalue weighted by Gasteiger charge is -2.27. The standard InChI is InChI=1S/C15H24N4O2S/c1-18(14-5-8-22(20,21)12-14)11-13-9-16-15(17-10-13)19-6-3-2-4-7-19/h9-10,14H,2-8,11-12H2,1H3/t14-/m1/s1. The first kappa shape index (κ1) is 15.7. The summed E-state index contributed by atoms with van der Waals surface area (Å²) in [5.41, 5.74) is 1.03. The molecule has 0 saturated carbocycles. The van der Waals surface area contributed by atoms with Crippen molar-refractivity contribution in [1.82, 2.24) is 14.9 Å². The van der Waals surface area contributed by atoms with E-state index in [2.05, 4.69) is 19.8 Å². The minimum atomic E-state index is -2.83. The molecule has 0 radical (unpaired) electrons. The molecule has 1 aromatic rings. The van der Waals surface area contributed by atoms with Gasteiger partial charge in [0.05, 0.1) is 11.5 Å². The van der Waals surface area contributed by atoms with Crippen molar-refractivity contribution in [3.63, 3.8) is 0 Å². The molecule has 2 saturated heterocycles. The molecule has 3 rings (SSSR count). The molecule has 2 aliphatic heterocycles. The fourth-order valence-corrected chi connectivity index (χ4v) is 5.03. The number of aromatic nitrogens is 2. The third kappa shape index (κ3) is 3.76. The van der Waals surface area contributed by atoms with Crippen LogP contribution >= 0.6 is 0 Å². The Bertz CT molecular complexity index is 596. The SMILES string of the molecule is CN(Cc1cnc(N2CCCCC2)nc1)[C@@H]1CCS(=O)(=O)C1. The third-order valence-corrected chi connectivity index (χ3v) is 6.34. The van der Waals surface area contributed by atoms with Gasteiger partial charge in [-0.25, -0.2) is 18.4 Å². The molecule has 0 N–H and O–H groups in total. The zero-order valence-electron chi connectivity index (χ0n) is 13.1. The summed E-state index contributed by atoms with van der Waals surface area (Å²) >= 11 is 0. The number of sulfone groups is 1. The molecule has 3 heterocycles. The Morgan fingerprint density at radius 1 is 1.23 bits per heavy atom. The summed E-state index contributed by atoms with van der Waals surface area (Å²) in [7, 11) is -0.857. The lowest BCUT2D eigenvalue weighted by molar-refractivity contribution is 0.253. The minimum Gasteiger partial charge on any atom is -0.341 e. The summed E-state index contributed by atoms with van der Waals surface area (Å²) < 4.78 is 23.1. The van der Waals surface area contributed by atoms with E-state index in [1.807, 2.05) is 19.4 Å². The molecule has 6 nitrogen and oxygen atoms in total. The van der Waals surface area contributed by atoms with Gasteiger partial charge in [0.25, 0.3) is 0 Å². The molecule has 2 fully saturated rings. The molecule has 0 aliphatic carbocycles. The summed E-state index contributed by atoms with van der Waals surface area (Å²) in [5.74, 6) is 1.40. The quantitative estimate of drug-likeness (QED) is 0.826. The van der Waals surface area contributed by atoms with Gasteiger partial charge in [0.15, 0.2) is 9.84 Å². The number of rotatable bonds is 4. The molecule has 2 aliphatic rings. The molecule has 0 amide bonds. The fraction of sp³-hybridized carbons (Fsp3) is 0.733. The Balaban J connectivity index is 1.58. The Kier molecular flexibility index (Phi) is 4.63. The summed E-state index contributed by atoms with van der Waals surface area (Å²) in [4.78, 5) is 13.3. The van der Waals surface area contributed by atoms with Gasteiger partial charge in [0, 0.05) is 43.6 Å². The second-order valence-electron chi connectivity index (χ2n) is 6.41. The highest BCUT2D eigenvalue weighted by atomic mass is 32.2. The first-order chi connectivity index (χ1) is 10.5. The van der Waals surface area contributed by atoms with Crippen LogP contribution in [0.2, 0.25) is 0 Å². The van der Waals surface area contributed by atoms with Gasteiger partial charge in [-0.3, -0.25) is 4.90 Å². The first-order valence-electron chi connectivity index (χ1n) is 8.00. The van der Waals surface area contributed by atoms with Crippen LogP contribution in [0.3, 0.4) is 0 Å². The lowest BCUT2D eigenvalue weighted by atomic mass is 10.1. The van der Waals surface area contributed by atoms with Crippen molar-refractivity contribution in [2.24, 2.45) is 0 Å². The Morgan fingerprint density at radius 2 is 1.91 bits per heavy atom. The normalized spacial score (nSPS) is 24.8. The van der Waals surface area contributed by atoms with Crippen molar-refractivity contribution < 1.29 is 8.42 Å². The van der Waals surface area contributed by atoms with Gasteiger partial charge in [-0.05, 0) is 32.7 Å². The van der Waals surface area contributed by atoms with E-state index < -0.39 is 9.84 Å². The molecule has 0 unspecified atom stereocenters. The number of anilines is 1. The van der Waals surface area contributed by atoms with Crippen LogP contribution in [0.1, 0.15) is 31.2 Å². The maximum atomic E-state index is 11.6. The van der Waals surface area contributed by atoms with Crippen molar-refractivity contribution in [2.45, 2.75) is 38.3 Å². The van der Waals surface area contributed by atoms with Crippen molar-refractivity contribution in [3.05, 3.63) is 18.0 Å². The summed E-state index contributed by atoms with van der Waals surface area (Å²) in [6.07, 6.45) is 8.19. The van der Waals surface area contributed by atoms with Gasteiger partial charge >= 0.3 is 0 Å². The van der Waals surface area contributed by atoms with Gasteiger partial charge < -0.3 is 4.90 Å². The van der Waals surface area contributed by atoms with Gasteiger partial charge in [-0.2, -0.15) is 0 Å². The molecule has 1 aromatic heterocycles. The van der Waals surface area contributed by atoms with Crippen molar-refractivity contribution >= 4 is 15.8 Å². The van der Waals surface area contributed by atoms with Gasteiger partial charge in [-0.1, -0.05) is 0 Å². The van der Waals surface area contributed by atoms with Crippen molar-refractivity contribution in [2.75, 3.05) is 36.5 Å². The van der Waals surface area contributed by atoms with E-state index in [0.29, 0.717) is 12.3 Å². The highest BCUT2D eigenvalue weighted by Crippen LogP contribution is 2.19. The molecular weight excluding hydrogens is 300 g/mol. The van der Waals surface area contributed by atoms with E-state index in [0.717, 1.165) is 31.0 Å². The minimum absolute atomic E-state index is 0.117. The van der Waals surface area contributed by atoms with Crippen LogP contribution in [0.25, 0.3) is 0 Å². The maximum Gasteiger partial charge on any atom is 0.225 e. The highest BCUT2D eigenvalue weighted by Gasteiger charge is 2.30. The second kappa shape index (κ2) is 6.50. The molecule has 0 aromatic carbocycles. The average Bonchev–Trinajstić information content (AvgIpc) is 2.89. The molecular formula is C15H24N4O2S. The zero-order valence-corrected chi connectivity index (χ0v) is 13.9. The van der Waals surface area contributed by atoms with Crippen LogP contribution in [0.4, 0.5) is 5.95 Å². The first-order valence-corrected chi connectivity index (χ1v) is 9.82. The molecule has 22 heavy (non-hydrogen) atoms. The van der Waals surface area contributed by atoms with Crippen LogP contribution in [-0.2, 0) is 16.4 Å².